The van der Waals surface area contributed by atoms with Crippen LogP contribution in [-0.4, -0.2) is 34.6 Å². The second kappa shape index (κ2) is 7.17. The summed E-state index contributed by atoms with van der Waals surface area (Å²) < 4.78 is 19.7. The molecule has 0 bridgehead atoms. The zero-order valence-corrected chi connectivity index (χ0v) is 13.9. The Hall–Kier alpha value is -2.50. The van der Waals surface area contributed by atoms with Gasteiger partial charge in [-0.1, -0.05) is 48.5 Å². The number of aromatic nitrogens is 2. The highest BCUT2D eigenvalue weighted by molar-refractivity contribution is 5.58. The average molecular weight is 337 g/mol. The summed E-state index contributed by atoms with van der Waals surface area (Å²) in [4.78, 5) is 10.2. The molecule has 5 heteroatoms. The van der Waals surface area contributed by atoms with E-state index in [0.717, 1.165) is 23.6 Å². The van der Waals surface area contributed by atoms with Crippen LogP contribution in [0.4, 0.5) is 4.39 Å². The Morgan fingerprint density at radius 1 is 1.12 bits per heavy atom. The van der Waals surface area contributed by atoms with Gasteiger partial charge in [-0.3, -0.25) is 4.90 Å². The molecule has 0 radical (unpaired) electrons. The van der Waals surface area contributed by atoms with Gasteiger partial charge in [-0.2, -0.15) is 0 Å². The van der Waals surface area contributed by atoms with Gasteiger partial charge in [-0.15, -0.1) is 0 Å². The Labute approximate surface area is 146 Å². The van der Waals surface area contributed by atoms with Crippen LogP contribution in [0, 0.1) is 5.82 Å². The molecule has 1 aliphatic rings. The number of rotatable bonds is 4. The van der Waals surface area contributed by atoms with Crippen LogP contribution in [0.3, 0.4) is 0 Å². The van der Waals surface area contributed by atoms with Crippen molar-refractivity contribution >= 4 is 0 Å². The molecule has 2 heterocycles. The molecule has 1 atom stereocenters. The number of halogens is 1. The summed E-state index contributed by atoms with van der Waals surface area (Å²) in [5.74, 6) is 0.687. The zero-order chi connectivity index (χ0) is 17.1. The topological polar surface area (TPSA) is 41.1 Å². The molecule has 0 amide bonds. The zero-order valence-electron chi connectivity index (χ0n) is 13.9. The van der Waals surface area contributed by atoms with Crippen LogP contribution in [0.25, 0.3) is 11.3 Å². The Balaban J connectivity index is 1.57. The van der Waals surface area contributed by atoms with E-state index in [-0.39, 0.29) is 11.9 Å². The maximum atomic E-state index is 14.0. The van der Waals surface area contributed by atoms with Crippen molar-refractivity contribution in [1.29, 1.82) is 0 Å². The van der Waals surface area contributed by atoms with E-state index in [1.165, 1.54) is 6.07 Å². The number of benzene rings is 2. The molecule has 4 rings (SSSR count). The molecule has 1 saturated heterocycles. The van der Waals surface area contributed by atoms with Gasteiger partial charge in [0.1, 0.15) is 11.6 Å². The largest absolute Gasteiger partial charge is 0.378 e. The fourth-order valence-corrected chi connectivity index (χ4v) is 3.19. The normalized spacial score (nSPS) is 18.4. The number of imidazole rings is 1. The third-order valence-electron chi connectivity index (χ3n) is 4.57. The van der Waals surface area contributed by atoms with E-state index in [0.29, 0.717) is 25.3 Å². The standard InChI is InChI=1S/C20H20FN3O/c21-17-9-5-4-8-16(17)13-24-10-11-25-14-19(24)20-22-12-18(23-20)15-6-2-1-3-7-15/h1-9,12,19H,10-11,13-14H2,(H,22,23)/t19-/m0/s1. The van der Waals surface area contributed by atoms with Crippen LogP contribution in [0.2, 0.25) is 0 Å². The van der Waals surface area contributed by atoms with Crippen molar-refractivity contribution in [2.75, 3.05) is 19.8 Å². The van der Waals surface area contributed by atoms with Crippen molar-refractivity contribution in [3.63, 3.8) is 0 Å². The molecule has 128 valence electrons. The lowest BCUT2D eigenvalue weighted by Crippen LogP contribution is -2.39. The number of aromatic amines is 1. The molecular weight excluding hydrogens is 317 g/mol. The number of nitrogens with zero attached hydrogens (tertiary/aromatic N) is 2. The molecule has 1 aliphatic heterocycles. The van der Waals surface area contributed by atoms with Crippen molar-refractivity contribution in [2.24, 2.45) is 0 Å². The van der Waals surface area contributed by atoms with Crippen molar-refractivity contribution in [1.82, 2.24) is 14.9 Å². The summed E-state index contributed by atoms with van der Waals surface area (Å²) in [6.45, 7) is 2.50. The van der Waals surface area contributed by atoms with Crippen LogP contribution in [0.5, 0.6) is 0 Å². The third-order valence-corrected chi connectivity index (χ3v) is 4.57. The van der Waals surface area contributed by atoms with Gasteiger partial charge in [0.2, 0.25) is 0 Å². The number of nitrogens with one attached hydrogen (secondary N) is 1. The van der Waals surface area contributed by atoms with Gasteiger partial charge in [0.05, 0.1) is 31.1 Å². The first kappa shape index (κ1) is 16.0. The van der Waals surface area contributed by atoms with Crippen LogP contribution < -0.4 is 0 Å². The minimum atomic E-state index is -0.169. The Morgan fingerprint density at radius 3 is 2.76 bits per heavy atom. The van der Waals surface area contributed by atoms with Crippen molar-refractivity contribution in [3.05, 3.63) is 78.0 Å². The van der Waals surface area contributed by atoms with Gasteiger partial charge in [-0.25, -0.2) is 9.37 Å². The minimum absolute atomic E-state index is 0.00850. The third kappa shape index (κ3) is 3.48. The first-order valence-corrected chi connectivity index (χ1v) is 8.47. The van der Waals surface area contributed by atoms with E-state index in [9.17, 15) is 4.39 Å². The minimum Gasteiger partial charge on any atom is -0.378 e. The average Bonchev–Trinajstić information content (AvgIpc) is 3.15. The number of ether oxygens (including phenoxy) is 1. The van der Waals surface area contributed by atoms with Gasteiger partial charge in [0, 0.05) is 18.7 Å². The lowest BCUT2D eigenvalue weighted by atomic mass is 10.1. The Bertz CT molecular complexity index is 834. The van der Waals surface area contributed by atoms with Gasteiger partial charge >= 0.3 is 0 Å². The van der Waals surface area contributed by atoms with E-state index in [1.807, 2.05) is 48.7 Å². The number of H-pyrrole nitrogens is 1. The molecule has 1 fully saturated rings. The summed E-state index contributed by atoms with van der Waals surface area (Å²) >= 11 is 0. The van der Waals surface area contributed by atoms with E-state index in [1.54, 1.807) is 6.07 Å². The highest BCUT2D eigenvalue weighted by Crippen LogP contribution is 2.26. The van der Waals surface area contributed by atoms with Gasteiger partial charge < -0.3 is 9.72 Å². The lowest BCUT2D eigenvalue weighted by molar-refractivity contribution is -0.0160. The second-order valence-electron chi connectivity index (χ2n) is 6.20. The highest BCUT2D eigenvalue weighted by Gasteiger charge is 2.27. The van der Waals surface area contributed by atoms with E-state index >= 15 is 0 Å². The number of hydrogen-bond donors (Lipinski definition) is 1. The van der Waals surface area contributed by atoms with E-state index in [2.05, 4.69) is 14.9 Å². The molecular formula is C20H20FN3O. The lowest BCUT2D eigenvalue weighted by Gasteiger charge is -2.34. The highest BCUT2D eigenvalue weighted by atomic mass is 19.1. The molecule has 1 aromatic heterocycles. The number of hydrogen-bond acceptors (Lipinski definition) is 3. The van der Waals surface area contributed by atoms with Crippen molar-refractivity contribution in [2.45, 2.75) is 12.6 Å². The number of morpholine rings is 1. The van der Waals surface area contributed by atoms with Crippen molar-refractivity contribution < 1.29 is 9.13 Å². The van der Waals surface area contributed by atoms with Crippen LogP contribution in [-0.2, 0) is 11.3 Å². The van der Waals surface area contributed by atoms with Gasteiger partial charge in [0.15, 0.2) is 0 Å². The molecule has 4 nitrogen and oxygen atoms in total. The predicted molar refractivity (Wildman–Crippen MR) is 94.4 cm³/mol. The summed E-state index contributed by atoms with van der Waals surface area (Å²) in [6.07, 6.45) is 1.85. The Morgan fingerprint density at radius 2 is 1.92 bits per heavy atom. The smallest absolute Gasteiger partial charge is 0.127 e. The molecule has 3 aromatic rings. The first-order valence-electron chi connectivity index (χ1n) is 8.47. The Kier molecular flexibility index (Phi) is 4.59. The molecule has 1 N–H and O–H groups in total. The predicted octanol–water partition coefficient (Wildman–Crippen LogP) is 3.79. The summed E-state index contributed by atoms with van der Waals surface area (Å²) in [6, 6.07) is 17.0. The summed E-state index contributed by atoms with van der Waals surface area (Å²) in [5, 5.41) is 0. The van der Waals surface area contributed by atoms with Gasteiger partial charge in [0.25, 0.3) is 0 Å². The fourth-order valence-electron chi connectivity index (χ4n) is 3.19. The molecule has 0 aliphatic carbocycles. The van der Waals surface area contributed by atoms with Gasteiger partial charge in [-0.05, 0) is 11.6 Å². The molecule has 0 unspecified atom stereocenters. The SMILES string of the molecule is Fc1ccccc1CN1CCOC[C@H]1c1ncc(-c2ccccc2)[nH]1. The van der Waals surface area contributed by atoms with Crippen LogP contribution in [0.1, 0.15) is 17.4 Å². The summed E-state index contributed by atoms with van der Waals surface area (Å²) in [5.41, 5.74) is 2.77. The fraction of sp³-hybridized carbons (Fsp3) is 0.250. The summed E-state index contributed by atoms with van der Waals surface area (Å²) in [7, 11) is 0. The quantitative estimate of drug-likeness (QED) is 0.787. The molecule has 0 saturated carbocycles. The van der Waals surface area contributed by atoms with Crippen LogP contribution >= 0.6 is 0 Å². The van der Waals surface area contributed by atoms with E-state index < -0.39 is 0 Å². The molecule has 0 spiro atoms. The second-order valence-corrected chi connectivity index (χ2v) is 6.20. The molecule has 2 aromatic carbocycles. The monoisotopic (exact) mass is 337 g/mol. The maximum absolute atomic E-state index is 14.0. The van der Waals surface area contributed by atoms with Crippen molar-refractivity contribution in [3.8, 4) is 11.3 Å². The first-order chi connectivity index (χ1) is 12.3. The maximum Gasteiger partial charge on any atom is 0.127 e. The van der Waals surface area contributed by atoms with Crippen LogP contribution in [0.15, 0.2) is 60.8 Å². The van der Waals surface area contributed by atoms with E-state index in [4.69, 9.17) is 4.74 Å². The molecule has 25 heavy (non-hydrogen) atoms.